The van der Waals surface area contributed by atoms with Gasteiger partial charge in [-0.3, -0.25) is 0 Å². The van der Waals surface area contributed by atoms with Crippen LogP contribution in [0.5, 0.6) is 5.75 Å². The first-order valence-electron chi connectivity index (χ1n) is 5.81. The Balaban J connectivity index is 2.23. The number of hydrogen-bond donors (Lipinski definition) is 1. The molecule has 88 valence electrons. The first kappa shape index (κ1) is 10.9. The Morgan fingerprint density at radius 3 is 2.88 bits per heavy atom. The van der Waals surface area contributed by atoms with Gasteiger partial charge in [-0.25, -0.2) is 0 Å². The third-order valence-electron chi connectivity index (χ3n) is 3.13. The third-order valence-corrected chi connectivity index (χ3v) is 4.30. The van der Waals surface area contributed by atoms with E-state index in [-0.39, 0.29) is 0 Å². The van der Waals surface area contributed by atoms with E-state index in [0.717, 1.165) is 18.0 Å². The van der Waals surface area contributed by atoms with Gasteiger partial charge < -0.3 is 10.1 Å². The summed E-state index contributed by atoms with van der Waals surface area (Å²) < 4.78 is 5.51. The maximum Gasteiger partial charge on any atom is 0.125 e. The zero-order valence-corrected chi connectivity index (χ0v) is 10.6. The van der Waals surface area contributed by atoms with E-state index in [9.17, 15) is 0 Å². The molecule has 1 atom stereocenters. The van der Waals surface area contributed by atoms with Crippen molar-refractivity contribution in [2.24, 2.45) is 0 Å². The second kappa shape index (κ2) is 4.59. The molecule has 0 aromatic heterocycles. The van der Waals surface area contributed by atoms with Crippen molar-refractivity contribution in [2.45, 2.75) is 5.37 Å². The molecule has 1 aliphatic heterocycles. The lowest BCUT2D eigenvalue weighted by atomic mass is 10.0. The largest absolute Gasteiger partial charge is 0.496 e. The van der Waals surface area contributed by atoms with Gasteiger partial charge in [0, 0.05) is 17.9 Å². The van der Waals surface area contributed by atoms with E-state index in [1.165, 1.54) is 16.3 Å². The molecule has 1 heterocycles. The van der Waals surface area contributed by atoms with Crippen molar-refractivity contribution in [1.29, 1.82) is 0 Å². The van der Waals surface area contributed by atoms with Crippen molar-refractivity contribution < 1.29 is 4.74 Å². The molecule has 2 nitrogen and oxygen atoms in total. The lowest BCUT2D eigenvalue weighted by Gasteiger charge is -2.17. The topological polar surface area (TPSA) is 21.3 Å². The summed E-state index contributed by atoms with van der Waals surface area (Å²) in [5.41, 5.74) is 1.29. The predicted octanol–water partition coefficient (Wildman–Crippen LogP) is 3.18. The molecule has 2 aromatic rings. The summed E-state index contributed by atoms with van der Waals surface area (Å²) >= 11 is 1.95. The highest BCUT2D eigenvalue weighted by molar-refractivity contribution is 7.99. The molecule has 1 unspecified atom stereocenters. The Morgan fingerprint density at radius 1 is 1.24 bits per heavy atom. The van der Waals surface area contributed by atoms with Gasteiger partial charge >= 0.3 is 0 Å². The first-order valence-corrected chi connectivity index (χ1v) is 6.85. The molecule has 3 rings (SSSR count). The third kappa shape index (κ3) is 1.90. The average Bonchev–Trinajstić information content (AvgIpc) is 2.91. The second-order valence-electron chi connectivity index (χ2n) is 4.11. The molecule has 1 aliphatic rings. The van der Waals surface area contributed by atoms with Crippen LogP contribution in [0.4, 0.5) is 0 Å². The summed E-state index contributed by atoms with van der Waals surface area (Å²) in [5, 5.41) is 6.45. The number of methoxy groups -OCH3 is 1. The van der Waals surface area contributed by atoms with Gasteiger partial charge in [0.1, 0.15) is 5.75 Å². The first-order chi connectivity index (χ1) is 8.40. The van der Waals surface area contributed by atoms with Crippen molar-refractivity contribution in [2.75, 3.05) is 19.4 Å². The van der Waals surface area contributed by atoms with Gasteiger partial charge in [-0.1, -0.05) is 30.3 Å². The number of thioether (sulfide) groups is 1. The number of nitrogens with one attached hydrogen (secondary N) is 1. The minimum atomic E-state index is 0.357. The van der Waals surface area contributed by atoms with E-state index >= 15 is 0 Å². The van der Waals surface area contributed by atoms with Crippen LogP contribution >= 0.6 is 11.8 Å². The van der Waals surface area contributed by atoms with E-state index < -0.39 is 0 Å². The Kier molecular flexibility index (Phi) is 2.95. The van der Waals surface area contributed by atoms with Crippen molar-refractivity contribution in [3.63, 3.8) is 0 Å². The molecule has 0 saturated carbocycles. The van der Waals surface area contributed by atoms with Crippen LogP contribution in [0.1, 0.15) is 10.9 Å². The summed E-state index contributed by atoms with van der Waals surface area (Å²) in [6.45, 7) is 1.07. The molecular formula is C14H15NOS. The number of rotatable bonds is 2. The Morgan fingerprint density at radius 2 is 2.12 bits per heavy atom. The smallest absolute Gasteiger partial charge is 0.125 e. The maximum absolute atomic E-state index is 5.51. The van der Waals surface area contributed by atoms with Crippen LogP contribution < -0.4 is 10.1 Å². The van der Waals surface area contributed by atoms with E-state index in [0.29, 0.717) is 5.37 Å². The fraction of sp³-hybridized carbons (Fsp3) is 0.286. The van der Waals surface area contributed by atoms with Crippen LogP contribution in [0, 0.1) is 0 Å². The van der Waals surface area contributed by atoms with E-state index in [1.54, 1.807) is 7.11 Å². The monoisotopic (exact) mass is 245 g/mol. The number of ether oxygens (including phenoxy) is 1. The lowest BCUT2D eigenvalue weighted by Crippen LogP contribution is -2.13. The van der Waals surface area contributed by atoms with Crippen LogP contribution in [0.25, 0.3) is 10.8 Å². The fourth-order valence-electron chi connectivity index (χ4n) is 2.34. The summed E-state index contributed by atoms with van der Waals surface area (Å²) in [4.78, 5) is 0. The minimum Gasteiger partial charge on any atom is -0.496 e. The van der Waals surface area contributed by atoms with Gasteiger partial charge in [-0.05, 0) is 16.8 Å². The zero-order chi connectivity index (χ0) is 11.7. The lowest BCUT2D eigenvalue weighted by molar-refractivity contribution is 0.409. The second-order valence-corrected chi connectivity index (χ2v) is 5.32. The number of fused-ring (bicyclic) bond motifs is 1. The van der Waals surface area contributed by atoms with E-state index in [1.807, 2.05) is 11.8 Å². The van der Waals surface area contributed by atoms with Gasteiger partial charge in [0.05, 0.1) is 12.5 Å². The molecular weight excluding hydrogens is 230 g/mol. The van der Waals surface area contributed by atoms with Crippen LogP contribution in [0.15, 0.2) is 36.4 Å². The zero-order valence-electron chi connectivity index (χ0n) is 9.77. The molecule has 0 radical (unpaired) electrons. The van der Waals surface area contributed by atoms with Gasteiger partial charge in [-0.15, -0.1) is 11.8 Å². The van der Waals surface area contributed by atoms with Crippen molar-refractivity contribution >= 4 is 22.5 Å². The predicted molar refractivity (Wildman–Crippen MR) is 73.7 cm³/mol. The SMILES string of the molecule is COc1ccc2ccccc2c1C1NCCS1. The highest BCUT2D eigenvalue weighted by atomic mass is 32.2. The highest BCUT2D eigenvalue weighted by Crippen LogP contribution is 2.40. The molecule has 0 aliphatic carbocycles. The van der Waals surface area contributed by atoms with Crippen molar-refractivity contribution in [1.82, 2.24) is 5.32 Å². The molecule has 3 heteroatoms. The molecule has 1 fully saturated rings. The van der Waals surface area contributed by atoms with Gasteiger partial charge in [-0.2, -0.15) is 0 Å². The average molecular weight is 245 g/mol. The summed E-state index contributed by atoms with van der Waals surface area (Å²) in [5.74, 6) is 2.15. The Hall–Kier alpha value is -1.19. The van der Waals surface area contributed by atoms with Gasteiger partial charge in [0.25, 0.3) is 0 Å². The minimum absolute atomic E-state index is 0.357. The van der Waals surface area contributed by atoms with Crippen LogP contribution in [0.2, 0.25) is 0 Å². The van der Waals surface area contributed by atoms with Gasteiger partial charge in [0.2, 0.25) is 0 Å². The maximum atomic E-state index is 5.51. The van der Waals surface area contributed by atoms with E-state index in [4.69, 9.17) is 4.74 Å². The molecule has 0 bridgehead atoms. The highest BCUT2D eigenvalue weighted by Gasteiger charge is 2.22. The number of hydrogen-bond acceptors (Lipinski definition) is 3. The molecule has 1 saturated heterocycles. The van der Waals surface area contributed by atoms with Crippen LogP contribution in [-0.2, 0) is 0 Å². The summed E-state index contributed by atoms with van der Waals surface area (Å²) in [7, 11) is 1.74. The molecule has 1 N–H and O–H groups in total. The molecule has 17 heavy (non-hydrogen) atoms. The van der Waals surface area contributed by atoms with Crippen molar-refractivity contribution in [3.05, 3.63) is 42.0 Å². The Labute approximate surface area is 105 Å². The van der Waals surface area contributed by atoms with Crippen LogP contribution in [0.3, 0.4) is 0 Å². The summed E-state index contributed by atoms with van der Waals surface area (Å²) in [6, 6.07) is 12.7. The molecule has 2 aromatic carbocycles. The van der Waals surface area contributed by atoms with Crippen molar-refractivity contribution in [3.8, 4) is 5.75 Å². The van der Waals surface area contributed by atoms with E-state index in [2.05, 4.69) is 41.7 Å². The Bertz CT molecular complexity index is 535. The quantitative estimate of drug-likeness (QED) is 0.878. The fourth-order valence-corrected chi connectivity index (χ4v) is 3.45. The molecule has 0 spiro atoms. The summed E-state index contributed by atoms with van der Waals surface area (Å²) in [6.07, 6.45) is 0. The van der Waals surface area contributed by atoms with Gasteiger partial charge in [0.15, 0.2) is 0 Å². The molecule has 0 amide bonds. The van der Waals surface area contributed by atoms with Crippen LogP contribution in [-0.4, -0.2) is 19.4 Å². The standard InChI is InChI=1S/C14H15NOS/c1-16-12-7-6-10-4-2-3-5-11(10)13(12)14-15-8-9-17-14/h2-7,14-15H,8-9H2,1H3. The normalized spacial score (nSPS) is 19.7. The number of benzene rings is 2.